The van der Waals surface area contributed by atoms with E-state index in [0.717, 1.165) is 69.4 Å². The quantitative estimate of drug-likeness (QED) is 0.383. The second-order valence-corrected chi connectivity index (χ2v) is 11.8. The molecular weight excluding hydrogens is 462 g/mol. The van der Waals surface area contributed by atoms with Gasteiger partial charge >= 0.3 is 0 Å². The van der Waals surface area contributed by atoms with Crippen LogP contribution in [0, 0.1) is 0 Å². The van der Waals surface area contributed by atoms with Crippen LogP contribution in [-0.4, -0.2) is 52.7 Å². The van der Waals surface area contributed by atoms with E-state index >= 15 is 0 Å². The third-order valence-electron chi connectivity index (χ3n) is 7.43. The Morgan fingerprint density at radius 3 is 2.74 bits per heavy atom. The number of benzene rings is 1. The molecule has 0 spiro atoms. The summed E-state index contributed by atoms with van der Waals surface area (Å²) in [5, 5.41) is 2.56. The first-order chi connectivity index (χ1) is 16.8. The number of hydrogen-bond donors (Lipinski definition) is 0. The highest BCUT2D eigenvalue weighted by Crippen LogP contribution is 2.45. The minimum Gasteiger partial charge on any atom is -0.379 e. The van der Waals surface area contributed by atoms with Gasteiger partial charge in [0.25, 0.3) is 0 Å². The number of morpholine rings is 1. The lowest BCUT2D eigenvalue weighted by Gasteiger charge is -2.28. The Morgan fingerprint density at radius 2 is 1.82 bits per heavy atom. The molecule has 176 valence electrons. The first-order valence-corrected chi connectivity index (χ1v) is 14.2. The van der Waals surface area contributed by atoms with Crippen molar-refractivity contribution in [3.63, 3.8) is 0 Å². The first kappa shape index (κ1) is 21.2. The van der Waals surface area contributed by atoms with Gasteiger partial charge in [-0.15, -0.1) is 22.7 Å². The number of thiazole rings is 1. The monoisotopic (exact) mass is 491 g/mol. The third-order valence-corrected chi connectivity index (χ3v) is 9.75. The molecule has 6 nitrogen and oxygen atoms in total. The zero-order chi connectivity index (χ0) is 22.5. The number of rotatable bonds is 4. The summed E-state index contributed by atoms with van der Waals surface area (Å²) in [7, 11) is 0. The van der Waals surface area contributed by atoms with E-state index in [0.29, 0.717) is 6.04 Å². The summed E-state index contributed by atoms with van der Waals surface area (Å²) in [6.45, 7) is 5.34. The lowest BCUT2D eigenvalue weighted by atomic mass is 9.97. The topological polar surface area (TPSA) is 54.4 Å². The van der Waals surface area contributed by atoms with Gasteiger partial charge in [-0.2, -0.15) is 0 Å². The molecule has 2 aliphatic heterocycles. The summed E-state index contributed by atoms with van der Waals surface area (Å²) in [6.07, 6.45) is 7.23. The van der Waals surface area contributed by atoms with Crippen molar-refractivity contribution >= 4 is 48.9 Å². The lowest BCUT2D eigenvalue weighted by Crippen LogP contribution is -2.36. The summed E-state index contributed by atoms with van der Waals surface area (Å²) in [5.74, 6) is 2.12. The summed E-state index contributed by atoms with van der Waals surface area (Å²) < 4.78 is 6.84. The number of nitrogens with zero attached hydrogens (tertiary/aromatic N) is 5. The van der Waals surface area contributed by atoms with Crippen LogP contribution in [0.4, 0.5) is 5.82 Å². The van der Waals surface area contributed by atoms with Crippen LogP contribution in [0.3, 0.4) is 0 Å². The van der Waals surface area contributed by atoms with Crippen LogP contribution in [0.2, 0.25) is 0 Å². The van der Waals surface area contributed by atoms with Crippen LogP contribution in [0.15, 0.2) is 24.3 Å². The molecule has 34 heavy (non-hydrogen) atoms. The largest absolute Gasteiger partial charge is 0.379 e. The lowest BCUT2D eigenvalue weighted by molar-refractivity contribution is 0.0331. The highest BCUT2D eigenvalue weighted by Gasteiger charge is 2.33. The molecule has 0 amide bonds. The van der Waals surface area contributed by atoms with Gasteiger partial charge in [-0.1, -0.05) is 12.1 Å². The number of anilines is 1. The van der Waals surface area contributed by atoms with Crippen LogP contribution >= 0.6 is 22.7 Å². The van der Waals surface area contributed by atoms with Crippen molar-refractivity contribution in [1.82, 2.24) is 19.9 Å². The van der Waals surface area contributed by atoms with Gasteiger partial charge < -0.3 is 9.64 Å². The summed E-state index contributed by atoms with van der Waals surface area (Å²) >= 11 is 3.76. The normalized spacial score (nSPS) is 21.5. The summed E-state index contributed by atoms with van der Waals surface area (Å²) in [5.41, 5.74) is 2.64. The third kappa shape index (κ3) is 3.71. The highest BCUT2D eigenvalue weighted by molar-refractivity contribution is 7.19. The molecule has 2 fully saturated rings. The molecule has 0 saturated carbocycles. The van der Waals surface area contributed by atoms with E-state index in [2.05, 4.69) is 34.1 Å². The fourth-order valence-corrected chi connectivity index (χ4v) is 8.12. The minimum absolute atomic E-state index is 0.297. The van der Waals surface area contributed by atoms with Crippen LogP contribution in [-0.2, 0) is 24.1 Å². The molecule has 2 saturated heterocycles. The fourth-order valence-electron chi connectivity index (χ4n) is 5.73. The Kier molecular flexibility index (Phi) is 5.50. The second kappa shape index (κ2) is 8.82. The maximum absolute atomic E-state index is 5.56. The van der Waals surface area contributed by atoms with Crippen molar-refractivity contribution in [2.24, 2.45) is 0 Å². The molecule has 1 unspecified atom stereocenters. The second-order valence-electron chi connectivity index (χ2n) is 9.61. The predicted octanol–water partition coefficient (Wildman–Crippen LogP) is 5.35. The Bertz CT molecular complexity index is 1310. The molecule has 3 aromatic heterocycles. The number of aryl methyl sites for hydroxylation is 2. The fraction of sp³-hybridized carbons (Fsp3) is 0.500. The SMILES string of the molecule is c1ccc2sc(C3CCCN3c3nc(CN4CCOCC4)nc4sc5c(c34)CCCC5)nc2c1. The van der Waals surface area contributed by atoms with Crippen molar-refractivity contribution in [3.8, 4) is 0 Å². The van der Waals surface area contributed by atoms with Crippen molar-refractivity contribution in [3.05, 3.63) is 45.5 Å². The number of ether oxygens (including phenoxy) is 1. The standard InChI is InChI=1S/C26H29N5OS2/c1-3-9-20-17(6-1)23-24(28-22(29-26(23)33-20)16-30-12-14-32-15-13-30)31-11-5-8-19(31)25-27-18-7-2-4-10-21(18)34-25/h2,4,7,10,19H,1,3,5-6,8-9,11-16H2. The Hall–Kier alpha value is -2.13. The zero-order valence-corrected chi connectivity index (χ0v) is 21.0. The molecule has 8 heteroatoms. The van der Waals surface area contributed by atoms with E-state index < -0.39 is 0 Å². The molecule has 3 aliphatic rings. The van der Waals surface area contributed by atoms with Crippen molar-refractivity contribution in [1.29, 1.82) is 0 Å². The maximum atomic E-state index is 5.56. The Labute approximate surface area is 207 Å². The average molecular weight is 492 g/mol. The molecule has 0 N–H and O–H groups in total. The molecule has 4 aromatic rings. The smallest absolute Gasteiger partial charge is 0.146 e. The van der Waals surface area contributed by atoms with E-state index in [1.54, 1.807) is 0 Å². The number of thiophene rings is 1. The minimum atomic E-state index is 0.297. The molecule has 0 radical (unpaired) electrons. The van der Waals surface area contributed by atoms with Crippen LogP contribution in [0.25, 0.3) is 20.4 Å². The molecule has 1 aliphatic carbocycles. The molecule has 1 aromatic carbocycles. The van der Waals surface area contributed by atoms with E-state index in [1.807, 2.05) is 22.7 Å². The predicted molar refractivity (Wildman–Crippen MR) is 139 cm³/mol. The molecule has 1 atom stereocenters. The Balaban J connectivity index is 1.33. The molecule has 7 rings (SSSR count). The van der Waals surface area contributed by atoms with Gasteiger partial charge in [-0.3, -0.25) is 4.90 Å². The van der Waals surface area contributed by atoms with Crippen LogP contribution in [0.5, 0.6) is 0 Å². The number of fused-ring (bicyclic) bond motifs is 4. The van der Waals surface area contributed by atoms with Gasteiger partial charge in [0.05, 0.1) is 41.4 Å². The first-order valence-electron chi connectivity index (χ1n) is 12.6. The van der Waals surface area contributed by atoms with Crippen LogP contribution < -0.4 is 4.90 Å². The van der Waals surface area contributed by atoms with Crippen molar-refractivity contribution in [2.75, 3.05) is 37.7 Å². The summed E-state index contributed by atoms with van der Waals surface area (Å²) in [4.78, 5) is 23.2. The van der Waals surface area contributed by atoms with Gasteiger partial charge in [0.1, 0.15) is 21.5 Å². The molecule has 0 bridgehead atoms. The van der Waals surface area contributed by atoms with Gasteiger partial charge in [0.15, 0.2) is 0 Å². The Morgan fingerprint density at radius 1 is 0.941 bits per heavy atom. The number of para-hydroxylation sites is 1. The maximum Gasteiger partial charge on any atom is 0.146 e. The van der Waals surface area contributed by atoms with Gasteiger partial charge in [-0.05, 0) is 56.2 Å². The van der Waals surface area contributed by atoms with Crippen molar-refractivity contribution in [2.45, 2.75) is 51.1 Å². The van der Waals surface area contributed by atoms with Gasteiger partial charge in [0.2, 0.25) is 0 Å². The zero-order valence-electron chi connectivity index (χ0n) is 19.3. The molecule has 5 heterocycles. The summed E-state index contributed by atoms with van der Waals surface area (Å²) in [6, 6.07) is 8.81. The van der Waals surface area contributed by atoms with Crippen LogP contribution in [0.1, 0.15) is 53.0 Å². The van der Waals surface area contributed by atoms with Gasteiger partial charge in [-0.25, -0.2) is 15.0 Å². The van der Waals surface area contributed by atoms with E-state index in [4.69, 9.17) is 19.7 Å². The van der Waals surface area contributed by atoms with E-state index in [9.17, 15) is 0 Å². The average Bonchev–Trinajstić information content (AvgIpc) is 3.60. The van der Waals surface area contributed by atoms with Gasteiger partial charge in [0, 0.05) is 24.5 Å². The highest BCUT2D eigenvalue weighted by atomic mass is 32.1. The van der Waals surface area contributed by atoms with Crippen molar-refractivity contribution < 1.29 is 4.74 Å². The molecular formula is C26H29N5OS2. The number of aromatic nitrogens is 3. The number of hydrogen-bond acceptors (Lipinski definition) is 8. The van der Waals surface area contributed by atoms with E-state index in [1.165, 1.54) is 56.0 Å². The van der Waals surface area contributed by atoms with E-state index in [-0.39, 0.29) is 0 Å².